The number of aliphatic hydroxyl groups is 3. The lowest BCUT2D eigenvalue weighted by Gasteiger charge is -2.38. The van der Waals surface area contributed by atoms with E-state index in [-0.39, 0.29) is 147 Å². The summed E-state index contributed by atoms with van der Waals surface area (Å²) < 4.78 is 61.5. The Labute approximate surface area is 585 Å². The third-order valence-electron chi connectivity index (χ3n) is 27.1. The van der Waals surface area contributed by atoms with E-state index in [1.807, 2.05) is 0 Å². The first-order valence-corrected chi connectivity index (χ1v) is 39.0. The van der Waals surface area contributed by atoms with E-state index >= 15 is 0 Å². The van der Waals surface area contributed by atoms with Gasteiger partial charge in [0.05, 0.1) is 166 Å². The van der Waals surface area contributed by atoms with Crippen LogP contribution in [0.25, 0.3) is 0 Å². The fourth-order valence-corrected chi connectivity index (χ4v) is 23.5. The van der Waals surface area contributed by atoms with E-state index in [9.17, 15) is 39.3 Å². The molecular weight excluding hydrogens is 1280 g/mol. The maximum absolute atomic E-state index is 11.0. The summed E-state index contributed by atoms with van der Waals surface area (Å²) in [7, 11) is 0. The molecule has 0 aromatic rings. The number of carboxylic acids is 5. The third-order valence-corrected chi connectivity index (χ3v) is 27.1. The van der Waals surface area contributed by atoms with Crippen molar-refractivity contribution in [3.63, 3.8) is 0 Å². The maximum Gasteiger partial charge on any atom is 0.306 e. The Kier molecular flexibility index (Phi) is 25.1. The average Bonchev–Trinajstić information content (AvgIpc) is 1.60. The monoisotopic (exact) mass is 1400 g/mol. The number of aliphatic hydroxyl groups excluding tert-OH is 2. The molecule has 15 rings (SSSR count). The quantitative estimate of drug-likeness (QED) is 0.0421. The summed E-state index contributed by atoms with van der Waals surface area (Å²) in [4.78, 5) is 54.1. The summed E-state index contributed by atoms with van der Waals surface area (Å²) >= 11 is 0. The van der Waals surface area contributed by atoms with Gasteiger partial charge in [0.15, 0.2) is 0 Å². The van der Waals surface area contributed by atoms with Crippen LogP contribution in [-0.4, -0.2) is 211 Å². The predicted octanol–water partition coefficient (Wildman–Crippen LogP) is 9.59. The average molecular weight is 1400 g/mol. The van der Waals surface area contributed by atoms with Gasteiger partial charge in [-0.2, -0.15) is 0 Å². The molecule has 15 fully saturated rings. The second-order valence-electron chi connectivity index (χ2n) is 32.5. The number of hydrogen-bond acceptors (Lipinski definition) is 18. The number of carboxylic acid groups (broad SMARTS) is 5. The minimum absolute atomic E-state index is 0.0270. The number of hydrogen-bond donors (Lipinski definition) is 8. The van der Waals surface area contributed by atoms with Crippen molar-refractivity contribution in [3.8, 4) is 0 Å². The van der Waals surface area contributed by atoms with Gasteiger partial charge in [-0.3, -0.25) is 24.0 Å². The number of ether oxygens (including phenoxy) is 10. The van der Waals surface area contributed by atoms with Gasteiger partial charge in [-0.15, -0.1) is 0 Å². The standard InChI is InChI=1S/2C16H26O5.C15H24O5.C15H24O4.C14H22O4/c1-4-9-13-11-6-8(16(3,19)7-12(17)18)15(21-11)14(13)10(5-2)20-9;1-3-10-14-12-6-8(5-9(17)7-13(18)19)16(21-12)15(14)11(4-2)20-10;1-3-9-13-11-5-7(8(16)6-12(17)18)15(20-11)14(13)10(4-2)19-9;1-3-9-13-11-7-8(5-6-12(16)17)15(19-11)14(13)10(4-2)18-9;1-3-8-12-10-5-7(6-11(15)16)14(18-10)13(12)9(4-2)17-8/h8-11,13-15,19H,4-7H2,1-3H3,(H,17,18);8-12,14-17H,3-7H2,1-2H3,(H,18,19);7-11,13-16H,3-6H2,1-2H3,(H,17,18);8-11,13-15H,3-7H2,1-2H3,(H,16,17);7-10,12-14H,3-6H2,1-2H3,(H,15,16). The lowest BCUT2D eigenvalue weighted by Crippen LogP contribution is -2.48. The normalized spacial score (nSPS) is 47.5. The smallest absolute Gasteiger partial charge is 0.306 e. The fraction of sp³-hybridized carbons (Fsp3) is 0.934. The van der Waals surface area contributed by atoms with E-state index < -0.39 is 47.7 Å². The van der Waals surface area contributed by atoms with E-state index in [1.165, 1.54) is 0 Å². The van der Waals surface area contributed by atoms with Gasteiger partial charge < -0.3 is 88.2 Å². The molecule has 23 heteroatoms. The molecule has 564 valence electrons. The molecule has 0 saturated carbocycles. The van der Waals surface area contributed by atoms with Crippen LogP contribution in [0.1, 0.15) is 217 Å². The van der Waals surface area contributed by atoms with Gasteiger partial charge in [0.2, 0.25) is 0 Å². The molecule has 15 aliphatic heterocycles. The highest BCUT2D eigenvalue weighted by Gasteiger charge is 2.68. The number of carbonyl (C=O) groups is 5. The molecule has 0 aliphatic carbocycles. The number of fused-ring (bicyclic) bond motifs is 25. The predicted molar refractivity (Wildman–Crippen MR) is 358 cm³/mol. The molecule has 99 heavy (non-hydrogen) atoms. The van der Waals surface area contributed by atoms with Gasteiger partial charge in [0.1, 0.15) is 0 Å². The Morgan fingerprint density at radius 3 is 1.07 bits per heavy atom. The van der Waals surface area contributed by atoms with Gasteiger partial charge >= 0.3 is 29.8 Å². The molecule has 38 atom stereocenters. The molecule has 15 saturated heterocycles. The van der Waals surface area contributed by atoms with E-state index in [0.717, 1.165) is 103 Å². The molecule has 15 heterocycles. The second kappa shape index (κ2) is 32.3. The van der Waals surface area contributed by atoms with Crippen molar-refractivity contribution in [1.82, 2.24) is 0 Å². The molecule has 0 radical (unpaired) electrons. The number of aliphatic carboxylic acids is 5. The Bertz CT molecular complexity index is 2730. The van der Waals surface area contributed by atoms with Crippen LogP contribution in [0.5, 0.6) is 0 Å². The van der Waals surface area contributed by atoms with Gasteiger partial charge in [-0.1, -0.05) is 69.2 Å². The number of rotatable bonds is 25. The van der Waals surface area contributed by atoms with Crippen molar-refractivity contribution >= 4 is 29.8 Å². The summed E-state index contributed by atoms with van der Waals surface area (Å²) in [6, 6.07) is 0. The molecular formula is C76H122O23. The van der Waals surface area contributed by atoms with Crippen LogP contribution >= 0.6 is 0 Å². The van der Waals surface area contributed by atoms with Crippen molar-refractivity contribution in [2.24, 2.45) is 88.8 Å². The van der Waals surface area contributed by atoms with Gasteiger partial charge in [0.25, 0.3) is 0 Å². The third kappa shape index (κ3) is 15.1. The Morgan fingerprint density at radius 1 is 0.364 bits per heavy atom. The van der Waals surface area contributed by atoms with Gasteiger partial charge in [-0.05, 0) is 134 Å². The van der Waals surface area contributed by atoms with Crippen molar-refractivity contribution in [2.45, 2.75) is 357 Å². The molecule has 8 N–H and O–H groups in total. The second-order valence-corrected chi connectivity index (χ2v) is 32.5. The Hall–Kier alpha value is -3.17. The van der Waals surface area contributed by atoms with Crippen LogP contribution < -0.4 is 0 Å². The molecule has 23 nitrogen and oxygen atoms in total. The molecule has 38 unspecified atom stereocenters. The minimum atomic E-state index is -1.21. The topological polar surface area (TPSA) is 339 Å². The molecule has 0 amide bonds. The Morgan fingerprint density at radius 2 is 0.687 bits per heavy atom. The fourth-order valence-electron chi connectivity index (χ4n) is 23.5. The van der Waals surface area contributed by atoms with Crippen LogP contribution in [0.15, 0.2) is 0 Å². The van der Waals surface area contributed by atoms with Crippen LogP contribution in [0.4, 0.5) is 0 Å². The van der Waals surface area contributed by atoms with Gasteiger partial charge in [0, 0.05) is 77.4 Å². The minimum Gasteiger partial charge on any atom is -0.481 e. The van der Waals surface area contributed by atoms with E-state index in [4.69, 9.17) is 72.9 Å². The highest BCUT2D eigenvalue weighted by molar-refractivity contribution is 5.69. The van der Waals surface area contributed by atoms with Crippen molar-refractivity contribution in [3.05, 3.63) is 0 Å². The molecule has 10 bridgehead atoms. The SMILES string of the molecule is CCC1OC(CC)C2C3OC(CC3C(C)(O)CC(=O)O)C12.CCC1OC(CC)C2C3OC(CC3C(O)CC(=O)O)C12.CCC1OC(CC)C2C3OC(CC3CC(=O)O)C12.CCC1OC(CC)C2C3OC(CC3CC(O)CC(=O)O)C12.CCC1OC(CC)C2C3OC(CC3CCC(=O)O)C12. The van der Waals surface area contributed by atoms with E-state index in [0.29, 0.717) is 102 Å². The summed E-state index contributed by atoms with van der Waals surface area (Å²) in [5.41, 5.74) is -1.21. The maximum atomic E-state index is 11.0. The van der Waals surface area contributed by atoms with Crippen molar-refractivity contribution in [1.29, 1.82) is 0 Å². The van der Waals surface area contributed by atoms with Crippen LogP contribution in [0.3, 0.4) is 0 Å². The lowest BCUT2D eigenvalue weighted by atomic mass is 9.66. The zero-order chi connectivity index (χ0) is 71.4. The molecule has 0 aromatic carbocycles. The first kappa shape index (κ1) is 76.9. The largest absolute Gasteiger partial charge is 0.481 e. The molecule has 0 spiro atoms. The van der Waals surface area contributed by atoms with Crippen molar-refractivity contribution in [2.75, 3.05) is 0 Å². The van der Waals surface area contributed by atoms with Gasteiger partial charge in [-0.25, -0.2) is 0 Å². The lowest BCUT2D eigenvalue weighted by molar-refractivity contribution is -0.146. The molecule has 0 aromatic heterocycles. The zero-order valence-corrected chi connectivity index (χ0v) is 60.6. The van der Waals surface area contributed by atoms with Crippen LogP contribution in [-0.2, 0) is 71.3 Å². The van der Waals surface area contributed by atoms with E-state index in [2.05, 4.69) is 69.2 Å². The highest BCUT2D eigenvalue weighted by Crippen LogP contribution is 2.62. The van der Waals surface area contributed by atoms with Crippen LogP contribution in [0.2, 0.25) is 0 Å². The highest BCUT2D eigenvalue weighted by atomic mass is 16.6. The Balaban J connectivity index is 0.000000125. The first-order valence-electron chi connectivity index (χ1n) is 39.0. The first-order chi connectivity index (χ1) is 47.3. The molecule has 15 aliphatic rings. The summed E-state index contributed by atoms with van der Waals surface area (Å²) in [6.45, 7) is 23.2. The summed E-state index contributed by atoms with van der Waals surface area (Å²) in [5, 5.41) is 75.1. The van der Waals surface area contributed by atoms with Crippen LogP contribution in [0, 0.1) is 88.8 Å². The van der Waals surface area contributed by atoms with Crippen molar-refractivity contribution < 1.29 is 112 Å². The summed E-state index contributed by atoms with van der Waals surface area (Å²) in [6.07, 6.45) is 18.3. The zero-order valence-electron chi connectivity index (χ0n) is 60.6. The van der Waals surface area contributed by atoms with E-state index in [1.54, 1.807) is 6.92 Å². The summed E-state index contributed by atoms with van der Waals surface area (Å²) in [5.74, 6) is 0.934.